The van der Waals surface area contributed by atoms with Gasteiger partial charge in [-0.15, -0.1) is 11.3 Å². The zero-order chi connectivity index (χ0) is 13.1. The fourth-order valence-electron chi connectivity index (χ4n) is 1.53. The van der Waals surface area contributed by atoms with Gasteiger partial charge < -0.3 is 10.6 Å². The van der Waals surface area contributed by atoms with E-state index in [9.17, 15) is 0 Å². The first-order chi connectivity index (χ1) is 7.77. The van der Waals surface area contributed by atoms with Gasteiger partial charge in [0.2, 0.25) is 0 Å². The molecule has 0 unspecified atom stereocenters. The van der Waals surface area contributed by atoms with E-state index in [-0.39, 0.29) is 11.0 Å². The summed E-state index contributed by atoms with van der Waals surface area (Å²) in [6.45, 7) is 10.9. The molecule has 2 nitrogen and oxygen atoms in total. The van der Waals surface area contributed by atoms with Crippen molar-refractivity contribution in [1.29, 1.82) is 0 Å². The molecule has 0 spiro atoms. The van der Waals surface area contributed by atoms with Crippen molar-refractivity contribution in [3.8, 4) is 0 Å². The van der Waals surface area contributed by atoms with Crippen LogP contribution < -0.4 is 10.6 Å². The van der Waals surface area contributed by atoms with E-state index >= 15 is 0 Å². The van der Waals surface area contributed by atoms with Gasteiger partial charge in [0.25, 0.3) is 0 Å². The van der Waals surface area contributed by atoms with Gasteiger partial charge in [0.05, 0.1) is 0 Å². The van der Waals surface area contributed by atoms with Crippen molar-refractivity contribution in [3.05, 3.63) is 20.8 Å². The highest BCUT2D eigenvalue weighted by atomic mass is 79.9. The first kappa shape index (κ1) is 15.2. The number of likely N-dealkylation sites (N-methyl/N-ethyl adjacent to an activating group) is 1. The SMILES string of the molecule is CNC(C)(C)CNCC(C)(C)c1cc(Br)cs1. The maximum atomic E-state index is 3.55. The van der Waals surface area contributed by atoms with Crippen molar-refractivity contribution in [2.45, 2.75) is 38.6 Å². The Morgan fingerprint density at radius 2 is 1.88 bits per heavy atom. The van der Waals surface area contributed by atoms with Gasteiger partial charge in [-0.25, -0.2) is 0 Å². The summed E-state index contributed by atoms with van der Waals surface area (Å²) < 4.78 is 1.18. The minimum absolute atomic E-state index is 0.145. The molecule has 0 saturated heterocycles. The molecule has 98 valence electrons. The summed E-state index contributed by atoms with van der Waals surface area (Å²) >= 11 is 5.33. The zero-order valence-electron chi connectivity index (χ0n) is 11.4. The van der Waals surface area contributed by atoms with Crippen molar-refractivity contribution in [2.24, 2.45) is 0 Å². The Morgan fingerprint density at radius 1 is 1.24 bits per heavy atom. The Kier molecular flexibility index (Phi) is 5.20. The monoisotopic (exact) mass is 318 g/mol. The van der Waals surface area contributed by atoms with Crippen molar-refractivity contribution >= 4 is 27.3 Å². The van der Waals surface area contributed by atoms with Crippen LogP contribution in [0.3, 0.4) is 0 Å². The highest BCUT2D eigenvalue weighted by Crippen LogP contribution is 2.31. The quantitative estimate of drug-likeness (QED) is 0.840. The highest BCUT2D eigenvalue weighted by Gasteiger charge is 2.23. The van der Waals surface area contributed by atoms with Crippen LogP contribution in [0.1, 0.15) is 32.6 Å². The summed E-state index contributed by atoms with van der Waals surface area (Å²) in [4.78, 5) is 1.42. The molecule has 1 rings (SSSR count). The predicted octanol–water partition coefficient (Wildman–Crippen LogP) is 3.38. The summed E-state index contributed by atoms with van der Waals surface area (Å²) in [5.74, 6) is 0. The van der Waals surface area contributed by atoms with Gasteiger partial charge in [-0.05, 0) is 42.9 Å². The first-order valence-electron chi connectivity index (χ1n) is 5.91. The molecule has 0 radical (unpaired) electrons. The molecule has 0 bridgehead atoms. The average Bonchev–Trinajstić information content (AvgIpc) is 2.65. The Morgan fingerprint density at radius 3 is 2.35 bits per heavy atom. The standard InChI is InChI=1S/C13H23BrN2S/c1-12(2,11-6-10(14)7-17-11)8-16-9-13(3,4)15-5/h6-7,15-16H,8-9H2,1-5H3. The molecule has 1 heterocycles. The zero-order valence-corrected chi connectivity index (χ0v) is 13.8. The molecule has 0 aliphatic heterocycles. The summed E-state index contributed by atoms with van der Waals surface area (Å²) in [5, 5.41) is 9.00. The second-order valence-corrected chi connectivity index (χ2v) is 7.58. The lowest BCUT2D eigenvalue weighted by Crippen LogP contribution is -2.48. The maximum Gasteiger partial charge on any atom is 0.0285 e. The summed E-state index contributed by atoms with van der Waals surface area (Å²) in [6, 6.07) is 2.22. The Labute approximate surface area is 117 Å². The fourth-order valence-corrected chi connectivity index (χ4v) is 3.09. The smallest absolute Gasteiger partial charge is 0.0285 e. The van der Waals surface area contributed by atoms with E-state index in [2.05, 4.69) is 65.7 Å². The van der Waals surface area contributed by atoms with Gasteiger partial charge in [0.1, 0.15) is 0 Å². The number of hydrogen-bond donors (Lipinski definition) is 2. The molecule has 0 amide bonds. The van der Waals surface area contributed by atoms with Crippen LogP contribution in [0.25, 0.3) is 0 Å². The normalized spacial score (nSPS) is 13.1. The Hall–Kier alpha value is 0.1000. The molecule has 0 fully saturated rings. The van der Waals surface area contributed by atoms with Crippen LogP contribution in [0, 0.1) is 0 Å². The molecule has 1 aromatic heterocycles. The van der Waals surface area contributed by atoms with E-state index in [0.29, 0.717) is 0 Å². The predicted molar refractivity (Wildman–Crippen MR) is 81.1 cm³/mol. The molecular formula is C13H23BrN2S. The van der Waals surface area contributed by atoms with Crippen molar-refractivity contribution in [2.75, 3.05) is 20.1 Å². The van der Waals surface area contributed by atoms with E-state index in [0.717, 1.165) is 13.1 Å². The topological polar surface area (TPSA) is 24.1 Å². The van der Waals surface area contributed by atoms with Gasteiger partial charge in [0, 0.05) is 38.8 Å². The van der Waals surface area contributed by atoms with Crippen molar-refractivity contribution in [3.63, 3.8) is 0 Å². The molecule has 0 aliphatic carbocycles. The number of halogens is 1. The largest absolute Gasteiger partial charge is 0.314 e. The maximum absolute atomic E-state index is 3.55. The van der Waals surface area contributed by atoms with Gasteiger partial charge >= 0.3 is 0 Å². The van der Waals surface area contributed by atoms with Crippen LogP contribution in [0.5, 0.6) is 0 Å². The lowest BCUT2D eigenvalue weighted by atomic mass is 9.91. The fraction of sp³-hybridized carbons (Fsp3) is 0.692. The van der Waals surface area contributed by atoms with Gasteiger partial charge in [-0.3, -0.25) is 0 Å². The third-order valence-corrected chi connectivity index (χ3v) is 5.10. The molecule has 17 heavy (non-hydrogen) atoms. The van der Waals surface area contributed by atoms with E-state index in [4.69, 9.17) is 0 Å². The lowest BCUT2D eigenvalue weighted by molar-refractivity contribution is 0.369. The molecule has 0 aliphatic rings. The Bertz CT molecular complexity index is 358. The highest BCUT2D eigenvalue weighted by molar-refractivity contribution is 9.10. The third-order valence-electron chi connectivity index (χ3n) is 3.05. The van der Waals surface area contributed by atoms with Crippen LogP contribution in [0.4, 0.5) is 0 Å². The van der Waals surface area contributed by atoms with Gasteiger partial charge in [-0.1, -0.05) is 13.8 Å². The molecule has 0 atom stereocenters. The van der Waals surface area contributed by atoms with E-state index in [1.54, 1.807) is 0 Å². The van der Waals surface area contributed by atoms with E-state index in [1.165, 1.54) is 9.35 Å². The second kappa shape index (κ2) is 5.83. The third kappa shape index (κ3) is 4.70. The molecular weight excluding hydrogens is 296 g/mol. The van der Waals surface area contributed by atoms with E-state index < -0.39 is 0 Å². The number of rotatable bonds is 6. The minimum Gasteiger partial charge on any atom is -0.314 e. The Balaban J connectivity index is 2.51. The van der Waals surface area contributed by atoms with E-state index in [1.807, 2.05) is 18.4 Å². The van der Waals surface area contributed by atoms with Crippen LogP contribution in [-0.2, 0) is 5.41 Å². The molecule has 0 saturated carbocycles. The van der Waals surface area contributed by atoms with Crippen LogP contribution >= 0.6 is 27.3 Å². The molecule has 1 aromatic rings. The number of nitrogens with one attached hydrogen (secondary N) is 2. The molecule has 0 aromatic carbocycles. The summed E-state index contributed by atoms with van der Waals surface area (Å²) in [7, 11) is 2.00. The van der Waals surface area contributed by atoms with Crippen LogP contribution in [0.2, 0.25) is 0 Å². The average molecular weight is 319 g/mol. The van der Waals surface area contributed by atoms with Gasteiger partial charge in [-0.2, -0.15) is 0 Å². The van der Waals surface area contributed by atoms with Crippen molar-refractivity contribution < 1.29 is 0 Å². The van der Waals surface area contributed by atoms with Crippen LogP contribution in [-0.4, -0.2) is 25.7 Å². The van der Waals surface area contributed by atoms with Gasteiger partial charge in [0.15, 0.2) is 0 Å². The number of thiophene rings is 1. The summed E-state index contributed by atoms with van der Waals surface area (Å²) in [5.41, 5.74) is 0.326. The molecule has 4 heteroatoms. The van der Waals surface area contributed by atoms with Crippen LogP contribution in [0.15, 0.2) is 15.9 Å². The summed E-state index contributed by atoms with van der Waals surface area (Å²) in [6.07, 6.45) is 0. The molecule has 2 N–H and O–H groups in total. The number of hydrogen-bond acceptors (Lipinski definition) is 3. The van der Waals surface area contributed by atoms with Crippen molar-refractivity contribution in [1.82, 2.24) is 10.6 Å². The lowest BCUT2D eigenvalue weighted by Gasteiger charge is -2.29. The minimum atomic E-state index is 0.145. The first-order valence-corrected chi connectivity index (χ1v) is 7.58. The second-order valence-electron chi connectivity index (χ2n) is 5.75.